The van der Waals surface area contributed by atoms with Gasteiger partial charge in [-0.15, -0.1) is 0 Å². The molecular formula is C7H18O3SSi. The van der Waals surface area contributed by atoms with E-state index in [1.54, 1.807) is 20.5 Å². The predicted molar refractivity (Wildman–Crippen MR) is 54.0 cm³/mol. The molecule has 0 N–H and O–H groups in total. The quantitative estimate of drug-likeness (QED) is 0.487. The molecule has 0 radical (unpaired) electrons. The van der Waals surface area contributed by atoms with Crippen LogP contribution in [0.3, 0.4) is 0 Å². The van der Waals surface area contributed by atoms with Gasteiger partial charge in [0.2, 0.25) is 0 Å². The standard InChI is InChI=1S/C7H18O3SSi/c1-9-12(4,10-2)7-5-6-11(3)8/h5-7H2,1-4H3. The van der Waals surface area contributed by atoms with E-state index in [-0.39, 0.29) is 0 Å². The number of hydrogen-bond acceptors (Lipinski definition) is 3. The number of rotatable bonds is 6. The molecule has 0 rings (SSSR count). The molecule has 1 atom stereocenters. The Labute approximate surface area is 78.9 Å². The maximum absolute atomic E-state index is 10.8. The molecule has 0 amide bonds. The van der Waals surface area contributed by atoms with Crippen LogP contribution in [-0.4, -0.2) is 39.3 Å². The van der Waals surface area contributed by atoms with Crippen LogP contribution >= 0.6 is 0 Å². The molecule has 12 heavy (non-hydrogen) atoms. The summed E-state index contributed by atoms with van der Waals surface area (Å²) in [6.07, 6.45) is 2.64. The van der Waals surface area contributed by atoms with Crippen LogP contribution in [0.4, 0.5) is 0 Å². The van der Waals surface area contributed by atoms with Crippen molar-refractivity contribution in [2.24, 2.45) is 0 Å². The van der Waals surface area contributed by atoms with Gasteiger partial charge in [0.1, 0.15) is 5.75 Å². The molecule has 0 fully saturated rings. The van der Waals surface area contributed by atoms with E-state index in [9.17, 15) is 4.55 Å². The van der Waals surface area contributed by atoms with Crippen molar-refractivity contribution in [1.82, 2.24) is 0 Å². The van der Waals surface area contributed by atoms with Crippen LogP contribution in [0.1, 0.15) is 6.42 Å². The Bertz CT molecular complexity index is 117. The van der Waals surface area contributed by atoms with Crippen molar-refractivity contribution in [1.29, 1.82) is 0 Å². The maximum atomic E-state index is 10.8. The second kappa shape index (κ2) is 5.99. The third kappa shape index (κ3) is 5.16. The van der Waals surface area contributed by atoms with E-state index in [4.69, 9.17) is 8.85 Å². The van der Waals surface area contributed by atoms with E-state index in [2.05, 4.69) is 0 Å². The summed E-state index contributed by atoms with van der Waals surface area (Å²) in [5.74, 6) is 0.745. The van der Waals surface area contributed by atoms with Gasteiger partial charge in [-0.2, -0.15) is 0 Å². The molecule has 3 nitrogen and oxygen atoms in total. The van der Waals surface area contributed by atoms with Crippen LogP contribution in [0.25, 0.3) is 0 Å². The second-order valence-electron chi connectivity index (χ2n) is 2.92. The molecule has 0 aromatic heterocycles. The molecule has 0 aliphatic heterocycles. The third-order valence-corrected chi connectivity index (χ3v) is 5.78. The first-order valence-corrected chi connectivity index (χ1v) is 8.19. The largest absolute Gasteiger partial charge is 0.617 e. The molecule has 0 aliphatic carbocycles. The highest BCUT2D eigenvalue weighted by molar-refractivity contribution is 7.90. The SMILES string of the molecule is CO[Si](C)(CCC[S+](C)[O-])OC. The highest BCUT2D eigenvalue weighted by atomic mass is 32.2. The summed E-state index contributed by atoms with van der Waals surface area (Å²) in [7, 11) is 1.46. The normalized spacial score (nSPS) is 14.8. The first-order chi connectivity index (χ1) is 5.54. The van der Waals surface area contributed by atoms with E-state index in [0.717, 1.165) is 18.2 Å². The Morgan fingerprint density at radius 2 is 1.83 bits per heavy atom. The molecule has 5 heteroatoms. The highest BCUT2D eigenvalue weighted by Gasteiger charge is 2.28. The molecular weight excluding hydrogens is 192 g/mol. The van der Waals surface area contributed by atoms with Gasteiger partial charge in [0, 0.05) is 14.2 Å². The van der Waals surface area contributed by atoms with Crippen LogP contribution < -0.4 is 0 Å². The maximum Gasteiger partial charge on any atom is 0.334 e. The topological polar surface area (TPSA) is 41.5 Å². The first-order valence-electron chi connectivity index (χ1n) is 3.94. The fourth-order valence-electron chi connectivity index (χ4n) is 0.884. The predicted octanol–water partition coefficient (Wildman–Crippen LogP) is 1.12. The van der Waals surface area contributed by atoms with Crippen molar-refractivity contribution in [2.45, 2.75) is 19.0 Å². The molecule has 0 aliphatic rings. The minimum absolute atomic E-state index is 0.693. The summed E-state index contributed by atoms with van der Waals surface area (Å²) in [4.78, 5) is 0. The van der Waals surface area contributed by atoms with Crippen molar-refractivity contribution in [2.75, 3.05) is 26.2 Å². The number of hydrogen-bond donors (Lipinski definition) is 0. The van der Waals surface area contributed by atoms with Crippen molar-refractivity contribution < 1.29 is 13.4 Å². The Hall–Kier alpha value is 0.447. The van der Waals surface area contributed by atoms with Crippen molar-refractivity contribution in [3.8, 4) is 0 Å². The zero-order chi connectivity index (χ0) is 9.61. The van der Waals surface area contributed by atoms with Crippen LogP contribution in [0.15, 0.2) is 0 Å². The van der Waals surface area contributed by atoms with E-state index < -0.39 is 19.7 Å². The molecule has 0 spiro atoms. The fraction of sp³-hybridized carbons (Fsp3) is 1.00. The van der Waals surface area contributed by atoms with Crippen molar-refractivity contribution in [3.63, 3.8) is 0 Å². The molecule has 1 unspecified atom stereocenters. The van der Waals surface area contributed by atoms with Crippen molar-refractivity contribution >= 4 is 19.7 Å². The minimum Gasteiger partial charge on any atom is -0.617 e. The van der Waals surface area contributed by atoms with Gasteiger partial charge >= 0.3 is 8.56 Å². The van der Waals surface area contributed by atoms with Gasteiger partial charge in [0.05, 0.1) is 6.26 Å². The van der Waals surface area contributed by atoms with Gasteiger partial charge in [-0.05, 0) is 19.0 Å². The van der Waals surface area contributed by atoms with Crippen LogP contribution in [0.2, 0.25) is 12.6 Å². The lowest BCUT2D eigenvalue weighted by Crippen LogP contribution is -2.36. The van der Waals surface area contributed by atoms with Gasteiger partial charge in [-0.25, -0.2) is 0 Å². The van der Waals surface area contributed by atoms with E-state index in [1.165, 1.54) is 0 Å². The monoisotopic (exact) mass is 210 g/mol. The summed E-state index contributed by atoms with van der Waals surface area (Å²) in [6, 6.07) is 0.916. The van der Waals surface area contributed by atoms with Gasteiger partial charge in [-0.1, -0.05) is 11.2 Å². The lowest BCUT2D eigenvalue weighted by atomic mass is 10.6. The lowest BCUT2D eigenvalue weighted by Gasteiger charge is -2.22. The van der Waals surface area contributed by atoms with Crippen LogP contribution in [0.5, 0.6) is 0 Å². The molecule has 0 aromatic rings. The molecule has 0 aromatic carbocycles. The van der Waals surface area contributed by atoms with Gasteiger partial charge in [-0.3, -0.25) is 0 Å². The van der Waals surface area contributed by atoms with Crippen LogP contribution in [0, 0.1) is 0 Å². The summed E-state index contributed by atoms with van der Waals surface area (Å²) in [5, 5.41) is 0. The summed E-state index contributed by atoms with van der Waals surface area (Å²) in [6.45, 7) is 2.02. The summed E-state index contributed by atoms with van der Waals surface area (Å²) in [5.41, 5.74) is 0. The van der Waals surface area contributed by atoms with E-state index >= 15 is 0 Å². The summed E-state index contributed by atoms with van der Waals surface area (Å²) < 4.78 is 21.3. The average Bonchev–Trinajstić information content (AvgIpc) is 2.03. The third-order valence-electron chi connectivity index (χ3n) is 1.93. The van der Waals surface area contributed by atoms with Gasteiger partial charge in [0.15, 0.2) is 0 Å². The Kier molecular flexibility index (Phi) is 6.21. The highest BCUT2D eigenvalue weighted by Crippen LogP contribution is 2.13. The first kappa shape index (κ1) is 12.4. The van der Waals surface area contributed by atoms with Crippen molar-refractivity contribution in [3.05, 3.63) is 0 Å². The Morgan fingerprint density at radius 1 is 1.33 bits per heavy atom. The zero-order valence-corrected chi connectivity index (χ0v) is 10.1. The lowest BCUT2D eigenvalue weighted by molar-refractivity contribution is 0.249. The van der Waals surface area contributed by atoms with Gasteiger partial charge < -0.3 is 13.4 Å². The molecule has 74 valence electrons. The molecule has 0 bridgehead atoms. The molecule has 0 saturated heterocycles. The van der Waals surface area contributed by atoms with E-state index in [0.29, 0.717) is 0 Å². The Balaban J connectivity index is 3.58. The smallest absolute Gasteiger partial charge is 0.334 e. The molecule has 0 saturated carbocycles. The summed E-state index contributed by atoms with van der Waals surface area (Å²) >= 11 is -0.693. The minimum atomic E-state index is -1.90. The molecule has 0 heterocycles. The van der Waals surface area contributed by atoms with Crippen LogP contribution in [-0.2, 0) is 20.0 Å². The fourth-order valence-corrected chi connectivity index (χ4v) is 3.09. The van der Waals surface area contributed by atoms with E-state index in [1.807, 2.05) is 6.55 Å². The second-order valence-corrected chi connectivity index (χ2v) is 8.06. The average molecular weight is 210 g/mol. The van der Waals surface area contributed by atoms with Gasteiger partial charge in [0.25, 0.3) is 0 Å². The Morgan fingerprint density at radius 3 is 2.17 bits per heavy atom. The zero-order valence-electron chi connectivity index (χ0n) is 8.25.